The maximum atomic E-state index is 12.2. The van der Waals surface area contributed by atoms with Crippen molar-refractivity contribution in [2.45, 2.75) is 13.0 Å². The minimum absolute atomic E-state index is 0.0346. The molecule has 0 bridgehead atoms. The highest BCUT2D eigenvalue weighted by Crippen LogP contribution is 2.24. The number of nitrogens with one attached hydrogen (secondary N) is 1. The van der Waals surface area contributed by atoms with Crippen LogP contribution < -0.4 is 4.72 Å². The Hall–Kier alpha value is -2.15. The van der Waals surface area contributed by atoms with Crippen LogP contribution in [0.25, 0.3) is 6.08 Å². The number of sulfonamides is 1. The largest absolute Gasteiger partial charge is 0.371 e. The molecule has 0 spiro atoms. The van der Waals surface area contributed by atoms with Gasteiger partial charge in [0.25, 0.3) is 10.0 Å². The maximum absolute atomic E-state index is 12.2. The van der Waals surface area contributed by atoms with Gasteiger partial charge < -0.3 is 4.74 Å². The van der Waals surface area contributed by atoms with Gasteiger partial charge in [0, 0.05) is 18.8 Å². The third kappa shape index (κ3) is 5.17. The summed E-state index contributed by atoms with van der Waals surface area (Å²) in [6, 6.07) is 16.7. The van der Waals surface area contributed by atoms with Crippen molar-refractivity contribution in [3.8, 4) is 0 Å². The van der Waals surface area contributed by atoms with E-state index in [9.17, 15) is 8.42 Å². The molecule has 0 radical (unpaired) electrons. The van der Waals surface area contributed by atoms with Crippen LogP contribution in [0, 0.1) is 0 Å². The Morgan fingerprint density at radius 1 is 1.15 bits per heavy atom. The lowest BCUT2D eigenvalue weighted by atomic mass is 10.1. The summed E-state index contributed by atoms with van der Waals surface area (Å²) in [5.74, 6) is 0. The molecule has 138 valence electrons. The maximum Gasteiger partial charge on any atom is 0.255 e. The number of nitrogens with zero attached hydrogens (tertiary/aromatic N) is 1. The lowest BCUT2D eigenvalue weighted by molar-refractivity contribution is -0.0281. The molecular weight excluding hydrogens is 348 g/mol. The van der Waals surface area contributed by atoms with Crippen molar-refractivity contribution in [1.82, 2.24) is 4.90 Å². The summed E-state index contributed by atoms with van der Waals surface area (Å²) in [6.45, 7) is 5.69. The van der Waals surface area contributed by atoms with E-state index in [0.29, 0.717) is 5.69 Å². The molecule has 2 aromatic rings. The summed E-state index contributed by atoms with van der Waals surface area (Å²) in [4.78, 5) is 2.35. The molecule has 1 N–H and O–H groups in total. The number of morpholine rings is 1. The fraction of sp³-hybridized carbons (Fsp3) is 0.300. The monoisotopic (exact) mass is 372 g/mol. The predicted molar refractivity (Wildman–Crippen MR) is 105 cm³/mol. The standard InChI is InChI=1S/C20H24N2O3S/c1-2-22-13-14-25-20(16-22)18-8-10-19(11-9-18)21-26(23,24)15-12-17-6-4-3-5-7-17/h3-12,15,20-21H,2,13-14,16H2,1H3/b15-12+. The number of likely N-dealkylation sites (N-methyl/N-ethyl adjacent to an activating group) is 1. The summed E-state index contributed by atoms with van der Waals surface area (Å²) in [7, 11) is -3.55. The van der Waals surface area contributed by atoms with Crippen LogP contribution >= 0.6 is 0 Å². The van der Waals surface area contributed by atoms with Gasteiger partial charge in [0.1, 0.15) is 0 Å². The second-order valence-corrected chi connectivity index (χ2v) is 7.80. The van der Waals surface area contributed by atoms with E-state index < -0.39 is 10.0 Å². The van der Waals surface area contributed by atoms with E-state index in [1.807, 2.05) is 42.5 Å². The molecule has 0 amide bonds. The third-order valence-corrected chi connectivity index (χ3v) is 5.39. The van der Waals surface area contributed by atoms with Gasteiger partial charge in [0.2, 0.25) is 0 Å². The summed E-state index contributed by atoms with van der Waals surface area (Å²) < 4.78 is 32.8. The van der Waals surface area contributed by atoms with Crippen molar-refractivity contribution < 1.29 is 13.2 Å². The molecule has 1 unspecified atom stereocenters. The van der Waals surface area contributed by atoms with Crippen LogP contribution in [-0.4, -0.2) is 39.6 Å². The van der Waals surface area contributed by atoms with Crippen LogP contribution in [0.2, 0.25) is 0 Å². The van der Waals surface area contributed by atoms with Crippen LogP contribution in [0.15, 0.2) is 60.0 Å². The predicted octanol–water partition coefficient (Wildman–Crippen LogP) is 3.49. The van der Waals surface area contributed by atoms with Crippen molar-refractivity contribution >= 4 is 21.8 Å². The lowest BCUT2D eigenvalue weighted by Crippen LogP contribution is -2.38. The van der Waals surface area contributed by atoms with Crippen molar-refractivity contribution in [2.75, 3.05) is 31.0 Å². The molecule has 0 saturated carbocycles. The number of hydrogen-bond acceptors (Lipinski definition) is 4. The summed E-state index contributed by atoms with van der Waals surface area (Å²) in [5.41, 5.74) is 2.43. The van der Waals surface area contributed by atoms with E-state index in [4.69, 9.17) is 4.74 Å². The average Bonchev–Trinajstić information content (AvgIpc) is 2.68. The average molecular weight is 372 g/mol. The molecule has 1 saturated heterocycles. The van der Waals surface area contributed by atoms with Gasteiger partial charge >= 0.3 is 0 Å². The van der Waals surface area contributed by atoms with Crippen LogP contribution in [0.4, 0.5) is 5.69 Å². The van der Waals surface area contributed by atoms with Crippen LogP contribution in [0.5, 0.6) is 0 Å². The summed E-state index contributed by atoms with van der Waals surface area (Å²) >= 11 is 0. The first-order valence-corrected chi connectivity index (χ1v) is 10.3. The van der Waals surface area contributed by atoms with Gasteiger partial charge in [-0.3, -0.25) is 9.62 Å². The fourth-order valence-electron chi connectivity index (χ4n) is 2.89. The molecule has 5 nitrogen and oxygen atoms in total. The Bertz CT molecular complexity index is 833. The van der Waals surface area contributed by atoms with Crippen molar-refractivity contribution in [3.63, 3.8) is 0 Å². The molecule has 1 aliphatic heterocycles. The van der Waals surface area contributed by atoms with Gasteiger partial charge in [0.05, 0.1) is 18.1 Å². The second-order valence-electron chi connectivity index (χ2n) is 6.24. The number of hydrogen-bond donors (Lipinski definition) is 1. The normalized spacial score (nSPS) is 18.9. The van der Waals surface area contributed by atoms with Gasteiger partial charge in [-0.2, -0.15) is 0 Å². The molecule has 3 rings (SSSR count). The van der Waals surface area contributed by atoms with Gasteiger partial charge in [-0.1, -0.05) is 49.4 Å². The Morgan fingerprint density at radius 2 is 1.88 bits per heavy atom. The van der Waals surface area contributed by atoms with Crippen molar-refractivity contribution in [3.05, 3.63) is 71.1 Å². The lowest BCUT2D eigenvalue weighted by Gasteiger charge is -2.32. The zero-order chi connectivity index (χ0) is 18.4. The summed E-state index contributed by atoms with van der Waals surface area (Å²) in [6.07, 6.45) is 1.61. The van der Waals surface area contributed by atoms with Crippen molar-refractivity contribution in [1.29, 1.82) is 0 Å². The molecule has 1 heterocycles. The van der Waals surface area contributed by atoms with Gasteiger partial charge in [-0.05, 0) is 35.9 Å². The van der Waals surface area contributed by atoms with E-state index in [-0.39, 0.29) is 6.10 Å². The van der Waals surface area contributed by atoms with Crippen LogP contribution in [0.3, 0.4) is 0 Å². The molecule has 1 fully saturated rings. The first-order valence-electron chi connectivity index (χ1n) is 8.75. The number of anilines is 1. The van der Waals surface area contributed by atoms with Crippen LogP contribution in [-0.2, 0) is 14.8 Å². The van der Waals surface area contributed by atoms with E-state index in [1.165, 1.54) is 5.41 Å². The highest BCUT2D eigenvalue weighted by atomic mass is 32.2. The molecule has 1 aliphatic rings. The van der Waals surface area contributed by atoms with Gasteiger partial charge in [0.15, 0.2) is 0 Å². The fourth-order valence-corrected chi connectivity index (χ4v) is 3.76. The number of ether oxygens (including phenoxy) is 1. The van der Waals surface area contributed by atoms with Crippen molar-refractivity contribution in [2.24, 2.45) is 0 Å². The SMILES string of the molecule is CCN1CCOC(c2ccc(NS(=O)(=O)/C=C/c3ccccc3)cc2)C1. The Balaban J connectivity index is 1.64. The molecular formula is C20H24N2O3S. The molecule has 0 aliphatic carbocycles. The first kappa shape index (κ1) is 18.6. The highest BCUT2D eigenvalue weighted by molar-refractivity contribution is 7.95. The molecule has 0 aromatic heterocycles. The van der Waals surface area contributed by atoms with E-state index in [0.717, 1.165) is 37.4 Å². The third-order valence-electron chi connectivity index (χ3n) is 4.38. The minimum atomic E-state index is -3.55. The molecule has 6 heteroatoms. The van der Waals surface area contributed by atoms with E-state index in [1.54, 1.807) is 18.2 Å². The topological polar surface area (TPSA) is 58.6 Å². The van der Waals surface area contributed by atoms with Crippen LogP contribution in [0.1, 0.15) is 24.2 Å². The van der Waals surface area contributed by atoms with Gasteiger partial charge in [-0.25, -0.2) is 8.42 Å². The Morgan fingerprint density at radius 3 is 2.58 bits per heavy atom. The molecule has 26 heavy (non-hydrogen) atoms. The number of benzene rings is 2. The first-order chi connectivity index (χ1) is 12.6. The van der Waals surface area contributed by atoms with Gasteiger partial charge in [-0.15, -0.1) is 0 Å². The molecule has 2 aromatic carbocycles. The quantitative estimate of drug-likeness (QED) is 0.843. The Labute approximate surface area is 155 Å². The minimum Gasteiger partial charge on any atom is -0.371 e. The number of rotatable bonds is 6. The summed E-state index contributed by atoms with van der Waals surface area (Å²) in [5, 5.41) is 1.18. The highest BCUT2D eigenvalue weighted by Gasteiger charge is 2.20. The Kier molecular flexibility index (Phi) is 6.08. The molecule has 1 atom stereocenters. The van der Waals surface area contributed by atoms with E-state index in [2.05, 4.69) is 16.5 Å². The second kappa shape index (κ2) is 8.49. The van der Waals surface area contributed by atoms with E-state index >= 15 is 0 Å². The zero-order valence-electron chi connectivity index (χ0n) is 14.8. The zero-order valence-corrected chi connectivity index (χ0v) is 15.7. The smallest absolute Gasteiger partial charge is 0.255 e.